The highest BCUT2D eigenvalue weighted by atomic mass is 35.5. The highest BCUT2D eigenvalue weighted by Crippen LogP contribution is 2.24. The highest BCUT2D eigenvalue weighted by Gasteiger charge is 2.37. The van der Waals surface area contributed by atoms with Crippen molar-refractivity contribution < 1.29 is 28.8 Å². The number of likely N-dealkylation sites (tertiary alicyclic amines) is 2. The Labute approximate surface area is 379 Å². The van der Waals surface area contributed by atoms with Crippen molar-refractivity contribution in [2.75, 3.05) is 27.2 Å². The molecule has 62 heavy (non-hydrogen) atoms. The first-order chi connectivity index (χ1) is 28.8. The number of hydrogen-bond acceptors (Lipinski definition) is 8. The second kappa shape index (κ2) is 27.0. The molecule has 338 valence electrons. The molecule has 2 aromatic rings. The summed E-state index contributed by atoms with van der Waals surface area (Å²) < 4.78 is 0. The van der Waals surface area contributed by atoms with E-state index in [-0.39, 0.29) is 110 Å². The Kier molecular flexibility index (Phi) is 23.1. The number of nitrogens with zero attached hydrogens (tertiary/aromatic N) is 2. The van der Waals surface area contributed by atoms with Crippen LogP contribution < -0.4 is 31.9 Å². The number of carbonyl (C=O) groups excluding carboxylic acids is 6. The summed E-state index contributed by atoms with van der Waals surface area (Å²) in [6, 6.07) is 15.2. The third-order valence-electron chi connectivity index (χ3n) is 11.3. The van der Waals surface area contributed by atoms with Crippen LogP contribution in [-0.2, 0) is 28.8 Å². The zero-order chi connectivity index (χ0) is 43.6. The summed E-state index contributed by atoms with van der Waals surface area (Å²) in [4.78, 5) is 83.4. The second-order valence-corrected chi connectivity index (χ2v) is 15.6. The molecule has 0 unspecified atom stereocenters. The predicted octanol–water partition coefficient (Wildman–Crippen LogP) is 3.32. The van der Waals surface area contributed by atoms with E-state index in [4.69, 9.17) is 0 Å². The summed E-state index contributed by atoms with van der Waals surface area (Å²) in [5.74, 6) is 9.63. The van der Waals surface area contributed by atoms with Gasteiger partial charge in [-0.1, -0.05) is 72.5 Å². The molecule has 0 spiro atoms. The minimum atomic E-state index is -0.980. The zero-order valence-electron chi connectivity index (χ0n) is 36.6. The number of benzene rings is 2. The average Bonchev–Trinajstić information content (AvgIpc) is 3.92. The van der Waals surface area contributed by atoms with Crippen molar-refractivity contribution in [1.29, 1.82) is 0 Å². The van der Waals surface area contributed by atoms with E-state index < -0.39 is 24.2 Å². The lowest BCUT2D eigenvalue weighted by atomic mass is 10.1. The van der Waals surface area contributed by atoms with Crippen LogP contribution >= 0.6 is 24.8 Å². The quantitative estimate of drug-likeness (QED) is 0.123. The van der Waals surface area contributed by atoms with E-state index >= 15 is 0 Å². The molecule has 6 amide bonds. The number of nitrogens with one attached hydrogen (secondary N) is 6. The Hall–Kier alpha value is -5.12. The maximum Gasteiger partial charge on any atom is 0.246 e. The van der Waals surface area contributed by atoms with Crippen LogP contribution in [0.1, 0.15) is 102 Å². The first-order valence-corrected chi connectivity index (χ1v) is 21.0. The van der Waals surface area contributed by atoms with Gasteiger partial charge in [-0.15, -0.1) is 24.8 Å². The van der Waals surface area contributed by atoms with Gasteiger partial charge in [0, 0.05) is 50.9 Å². The van der Waals surface area contributed by atoms with Crippen molar-refractivity contribution in [3.05, 3.63) is 71.8 Å². The largest absolute Gasteiger partial charge is 0.350 e. The number of halogens is 2. The van der Waals surface area contributed by atoms with E-state index in [9.17, 15) is 28.8 Å². The molecule has 2 aliphatic rings. The molecule has 0 aliphatic carbocycles. The molecule has 0 aromatic heterocycles. The van der Waals surface area contributed by atoms with Gasteiger partial charge < -0.3 is 41.7 Å². The Bertz CT molecular complexity index is 1780. The number of amides is 6. The highest BCUT2D eigenvalue weighted by molar-refractivity contribution is 5.91. The van der Waals surface area contributed by atoms with Gasteiger partial charge in [0.25, 0.3) is 0 Å². The molecule has 2 saturated heterocycles. The monoisotopic (exact) mass is 894 g/mol. The first-order valence-electron chi connectivity index (χ1n) is 21.0. The number of carbonyl (C=O) groups is 6. The van der Waals surface area contributed by atoms with Gasteiger partial charge in [0.1, 0.15) is 12.1 Å². The summed E-state index contributed by atoms with van der Waals surface area (Å²) in [5.41, 5.74) is 1.96. The van der Waals surface area contributed by atoms with Crippen LogP contribution in [0, 0.1) is 23.7 Å². The van der Waals surface area contributed by atoms with Gasteiger partial charge in [-0.3, -0.25) is 28.8 Å². The van der Waals surface area contributed by atoms with Crippen molar-refractivity contribution in [1.82, 2.24) is 41.7 Å². The van der Waals surface area contributed by atoms with Gasteiger partial charge >= 0.3 is 0 Å². The molecular formula is C46H64Cl2N8O6. The summed E-state index contributed by atoms with van der Waals surface area (Å²) in [7, 11) is 3.30. The molecule has 4 rings (SSSR count). The topological polar surface area (TPSA) is 181 Å². The Morgan fingerprint density at radius 2 is 0.935 bits per heavy atom. The first kappa shape index (κ1) is 53.0. The van der Waals surface area contributed by atoms with Crippen molar-refractivity contribution >= 4 is 60.3 Å². The molecule has 0 bridgehead atoms. The van der Waals surface area contributed by atoms with Crippen LogP contribution in [0.5, 0.6) is 0 Å². The van der Waals surface area contributed by atoms with E-state index in [1.807, 2.05) is 74.5 Å². The molecular weight excluding hydrogens is 831 g/mol. The van der Waals surface area contributed by atoms with Crippen LogP contribution in [0.2, 0.25) is 0 Å². The summed E-state index contributed by atoms with van der Waals surface area (Å²) in [6.07, 6.45) is 2.98. The minimum Gasteiger partial charge on any atom is -0.350 e. The van der Waals surface area contributed by atoms with E-state index in [1.54, 1.807) is 37.7 Å². The molecule has 2 aliphatic heterocycles. The fourth-order valence-corrected chi connectivity index (χ4v) is 7.41. The van der Waals surface area contributed by atoms with Gasteiger partial charge in [-0.05, 0) is 90.4 Å². The zero-order valence-corrected chi connectivity index (χ0v) is 38.3. The van der Waals surface area contributed by atoms with E-state index in [1.165, 1.54) is 0 Å². The van der Waals surface area contributed by atoms with Crippen LogP contribution in [0.3, 0.4) is 0 Å². The van der Waals surface area contributed by atoms with Gasteiger partial charge in [0.05, 0.1) is 24.2 Å². The van der Waals surface area contributed by atoms with Crippen molar-refractivity contribution in [3.63, 3.8) is 0 Å². The smallest absolute Gasteiger partial charge is 0.246 e. The predicted molar refractivity (Wildman–Crippen MR) is 245 cm³/mol. The lowest BCUT2D eigenvalue weighted by Gasteiger charge is -2.29. The van der Waals surface area contributed by atoms with Crippen LogP contribution in [0.25, 0.3) is 0 Å². The lowest BCUT2D eigenvalue weighted by Crippen LogP contribution is -2.53. The normalized spacial score (nSPS) is 18.2. The molecule has 8 atom stereocenters. The lowest BCUT2D eigenvalue weighted by molar-refractivity contribution is -0.138. The molecule has 16 heteroatoms. The Morgan fingerprint density at radius 3 is 1.27 bits per heavy atom. The molecule has 6 N–H and O–H groups in total. The maximum atomic E-state index is 14.0. The molecule has 0 radical (unpaired) electrons. The standard InChI is InChI=1S/C46H62N8O6.2ClH/c1-31(35-19-11-9-12-20-35)49-41(55)29-37-23-17-27-53(37)45(59)39(51-43(57)33(3)47-5)25-15-7-8-16-26-40(52-44(58)34(4)48-6)46(60)54-28-18-24-38(54)30-42(56)50-32(2)36-21-13-10-14-22-36;;/h9-14,19-22,31-34,37-40,47-48H,17-18,23-30H2,1-6H3,(H,49,55)(H,50,56)(H,51,57)(H,52,58);2*1H/t31-,32-,33+,34+,37+,38+,39+,40+;;/m1../s1. The summed E-state index contributed by atoms with van der Waals surface area (Å²) in [6.45, 7) is 8.11. The van der Waals surface area contributed by atoms with Crippen molar-refractivity contribution in [2.45, 2.75) is 127 Å². The SMILES string of the molecule is CN[C@@H](C)C(=O)N[C@@H](CC#CC#CC[C@H](NC(=O)[C@H](C)NC)C(=O)N1CCC[C@H]1CC(=O)N[C@H](C)c1ccccc1)C(=O)N1CCC[C@H]1CC(=O)N[C@H](C)c1ccccc1.Cl.Cl. The maximum absolute atomic E-state index is 14.0. The third kappa shape index (κ3) is 16.0. The van der Waals surface area contributed by atoms with Crippen molar-refractivity contribution in [2.24, 2.45) is 0 Å². The van der Waals surface area contributed by atoms with Gasteiger partial charge in [-0.25, -0.2) is 0 Å². The fraction of sp³-hybridized carbons (Fsp3) is 0.522. The second-order valence-electron chi connectivity index (χ2n) is 15.6. The summed E-state index contributed by atoms with van der Waals surface area (Å²) in [5, 5.41) is 17.5. The van der Waals surface area contributed by atoms with Crippen LogP contribution in [-0.4, -0.2) is 109 Å². The summed E-state index contributed by atoms with van der Waals surface area (Å²) >= 11 is 0. The minimum absolute atomic E-state index is 0. The van der Waals surface area contributed by atoms with Crippen LogP contribution in [0.15, 0.2) is 60.7 Å². The van der Waals surface area contributed by atoms with E-state index in [0.717, 1.165) is 24.0 Å². The third-order valence-corrected chi connectivity index (χ3v) is 11.3. The average molecular weight is 896 g/mol. The fourth-order valence-electron chi connectivity index (χ4n) is 7.41. The molecule has 0 saturated carbocycles. The molecule has 14 nitrogen and oxygen atoms in total. The van der Waals surface area contributed by atoms with Gasteiger partial charge in [0.2, 0.25) is 35.4 Å². The van der Waals surface area contributed by atoms with Gasteiger partial charge in [0.15, 0.2) is 0 Å². The molecule has 2 aromatic carbocycles. The van der Waals surface area contributed by atoms with Crippen LogP contribution in [0.4, 0.5) is 0 Å². The van der Waals surface area contributed by atoms with E-state index in [2.05, 4.69) is 55.6 Å². The van der Waals surface area contributed by atoms with E-state index in [0.29, 0.717) is 25.9 Å². The Morgan fingerprint density at radius 1 is 0.581 bits per heavy atom. The van der Waals surface area contributed by atoms with Crippen molar-refractivity contribution in [3.8, 4) is 23.7 Å². The number of likely N-dealkylation sites (N-methyl/N-ethyl adjacent to an activating group) is 2. The van der Waals surface area contributed by atoms with Gasteiger partial charge in [-0.2, -0.15) is 0 Å². The molecule has 2 heterocycles. The molecule has 2 fully saturated rings. The number of hydrogen-bond donors (Lipinski definition) is 6. The Balaban J connectivity index is 0.00000661. The number of rotatable bonds is 18.